The van der Waals surface area contributed by atoms with Crippen LogP contribution >= 0.6 is 0 Å². The molecule has 0 radical (unpaired) electrons. The van der Waals surface area contributed by atoms with Gasteiger partial charge in [-0.25, -0.2) is 0 Å². The molecule has 0 fully saturated rings. The maximum Gasteiger partial charge on any atom is 5.00 e. The maximum atomic E-state index is 8.06. The van der Waals surface area contributed by atoms with Gasteiger partial charge in [-0.15, -0.1) is 0 Å². The summed E-state index contributed by atoms with van der Waals surface area (Å²) in [7, 11) is 3.44. The molecule has 0 atom stereocenters. The second-order valence-electron chi connectivity index (χ2n) is 0. The molecule has 24 valence electrons. The Morgan fingerprint density at radius 1 is 0.833 bits per heavy atom. The van der Waals surface area contributed by atoms with Crippen LogP contribution < -0.4 is 0 Å². The van der Waals surface area contributed by atoms with Crippen molar-refractivity contribution >= 4 is 20.3 Å². The van der Waals surface area contributed by atoms with Crippen LogP contribution in [-0.4, -0.2) is 20.3 Å². The molecule has 3 nitrogen and oxygen atoms in total. The van der Waals surface area contributed by atoms with E-state index in [-0.39, 0.29) is 27.9 Å². The third-order valence-corrected chi connectivity index (χ3v) is 0. The first kappa shape index (κ1) is 29.6. The van der Waals surface area contributed by atoms with Gasteiger partial charge in [0.05, 0.1) is 0 Å². The Balaban J connectivity index is -0.00000000500. The van der Waals surface area contributed by atoms with Crippen molar-refractivity contribution in [2.24, 2.45) is 0 Å². The molecule has 0 bridgehead atoms. The second kappa shape index (κ2) is 239. The van der Waals surface area contributed by atoms with Crippen LogP contribution in [0.5, 0.6) is 0 Å². The number of rotatable bonds is 0. The molecule has 0 spiro atoms. The fourth-order valence-corrected chi connectivity index (χ4v) is 0. The molecule has 0 aliphatic carbocycles. The molecule has 0 amide bonds. The van der Waals surface area contributed by atoms with Crippen molar-refractivity contribution in [1.29, 1.82) is 0 Å². The summed E-state index contributed by atoms with van der Waals surface area (Å²) in [4.78, 5) is 0. The molecular formula is O3Si2Ta+7. The molecule has 0 heterocycles. The van der Waals surface area contributed by atoms with Gasteiger partial charge in [-0.2, -0.15) is 0 Å². The topological polar surface area (TPSA) is 62.6 Å². The normalized spacial score (nSPS) is 2.00. The van der Waals surface area contributed by atoms with Crippen LogP contribution in [0.2, 0.25) is 0 Å². The number of hydrogen-bond donors (Lipinski definition) is 0. The minimum Gasteiger partial charge on any atom is -2.00 e. The van der Waals surface area contributed by atoms with Gasteiger partial charge in [0.15, 0.2) is 0 Å². The van der Waals surface area contributed by atoms with Crippen molar-refractivity contribution < 1.29 is 36.8 Å². The van der Waals surface area contributed by atoms with Crippen molar-refractivity contribution in [2.45, 2.75) is 0 Å². The van der Waals surface area contributed by atoms with Crippen molar-refractivity contribution in [3.63, 3.8) is 0 Å². The van der Waals surface area contributed by atoms with Gasteiger partial charge in [0, 0.05) is 0 Å². The van der Waals surface area contributed by atoms with Crippen LogP contribution in [0.4, 0.5) is 0 Å². The molecule has 0 aliphatic rings. The molecule has 0 aliphatic heterocycles. The molecule has 0 aromatic heterocycles. The average molecular weight is 285 g/mol. The van der Waals surface area contributed by atoms with E-state index in [1.807, 2.05) is 0 Å². The molecule has 0 aromatic rings. The zero-order valence-corrected chi connectivity index (χ0v) is 7.89. The predicted octanol–water partition coefficient (Wildman–Crippen LogP) is -1.12. The van der Waals surface area contributed by atoms with Gasteiger partial charge in [-0.3, -0.25) is 0 Å². The summed E-state index contributed by atoms with van der Waals surface area (Å²) in [6.07, 6.45) is 0. The first-order valence-corrected chi connectivity index (χ1v) is 1.22. The quantitative estimate of drug-likeness (QED) is 0.529. The molecule has 0 saturated heterocycles. The first-order valence-electron chi connectivity index (χ1n) is 0.408. The van der Waals surface area contributed by atoms with Gasteiger partial charge in [-0.05, 0) is 0 Å². The summed E-state index contributed by atoms with van der Waals surface area (Å²) in [5.74, 6) is 0. The summed E-state index contributed by atoms with van der Waals surface area (Å²) < 4.78 is 16.1. The standard InChI is InChI=1S/2OSi.O.Ta/c2*1-2;;/q2*+2;-2;+5. The fourth-order valence-electron chi connectivity index (χ4n) is 0. The Hall–Kier alpha value is 0.734. The molecule has 0 unspecified atom stereocenters. The summed E-state index contributed by atoms with van der Waals surface area (Å²) in [6.45, 7) is 0. The Bertz CT molecular complexity index is 10.8. The largest absolute Gasteiger partial charge is 5.00 e. The van der Waals surface area contributed by atoms with Crippen LogP contribution in [0, 0.1) is 0 Å². The van der Waals surface area contributed by atoms with Gasteiger partial charge in [0.25, 0.3) is 0 Å². The Morgan fingerprint density at radius 3 is 0.833 bits per heavy atom. The average Bonchev–Trinajstić information content (AvgIpc) is 1.50. The van der Waals surface area contributed by atoms with E-state index in [4.69, 9.17) is 8.92 Å². The Morgan fingerprint density at radius 2 is 0.833 bits per heavy atom. The van der Waals surface area contributed by atoms with Crippen LogP contribution in [0.1, 0.15) is 0 Å². The Labute approximate surface area is 57.3 Å². The molecule has 0 N–H and O–H groups in total. The first-order chi connectivity index (χ1) is 2.00. The van der Waals surface area contributed by atoms with E-state index in [1.165, 1.54) is 0 Å². The fraction of sp³-hybridized carbons (Fsp3) is 0. The van der Waals surface area contributed by atoms with Crippen molar-refractivity contribution in [3.05, 3.63) is 0 Å². The van der Waals surface area contributed by atoms with Gasteiger partial charge in [0.1, 0.15) is 0 Å². The van der Waals surface area contributed by atoms with E-state index in [1.54, 1.807) is 20.3 Å². The van der Waals surface area contributed by atoms with E-state index < -0.39 is 0 Å². The zero-order valence-electron chi connectivity index (χ0n) is 2.67. The molecule has 0 rings (SSSR count). The molecule has 0 aromatic carbocycles. The molecule has 6 heteroatoms. The second-order valence-corrected chi connectivity index (χ2v) is 0. The molecule has 6 heavy (non-hydrogen) atoms. The van der Waals surface area contributed by atoms with Gasteiger partial charge < -0.3 is 5.48 Å². The minimum atomic E-state index is 0. The SMILES string of the molecule is O=[Si+2].O=[Si+2].[O-2].[Ta+5]. The zero-order chi connectivity index (χ0) is 4.00. The van der Waals surface area contributed by atoms with Crippen LogP contribution in [0.25, 0.3) is 0 Å². The summed E-state index contributed by atoms with van der Waals surface area (Å²) in [6, 6.07) is 0. The smallest absolute Gasteiger partial charge is 2.00 e. The minimum absolute atomic E-state index is 0. The van der Waals surface area contributed by atoms with Gasteiger partial charge in [-0.1, -0.05) is 0 Å². The van der Waals surface area contributed by atoms with E-state index in [9.17, 15) is 0 Å². The van der Waals surface area contributed by atoms with E-state index in [0.717, 1.165) is 0 Å². The van der Waals surface area contributed by atoms with Gasteiger partial charge in [0.2, 0.25) is 0 Å². The van der Waals surface area contributed by atoms with E-state index >= 15 is 0 Å². The van der Waals surface area contributed by atoms with Gasteiger partial charge >= 0.3 is 51.6 Å². The Kier molecular flexibility index (Phi) is 1180. The van der Waals surface area contributed by atoms with Crippen molar-refractivity contribution in [2.75, 3.05) is 0 Å². The summed E-state index contributed by atoms with van der Waals surface area (Å²) in [5, 5.41) is 0. The summed E-state index contributed by atoms with van der Waals surface area (Å²) >= 11 is 0. The van der Waals surface area contributed by atoms with Crippen molar-refractivity contribution in [1.82, 2.24) is 0 Å². The maximum absolute atomic E-state index is 8.06. The van der Waals surface area contributed by atoms with E-state index in [2.05, 4.69) is 0 Å². The third-order valence-electron chi connectivity index (χ3n) is 0. The molecule has 0 saturated carbocycles. The predicted molar refractivity (Wildman–Crippen MR) is 13.6 cm³/mol. The molecular weight excluding hydrogens is 285 g/mol. The van der Waals surface area contributed by atoms with Crippen LogP contribution in [0.15, 0.2) is 0 Å². The van der Waals surface area contributed by atoms with Crippen LogP contribution in [-0.2, 0) is 36.8 Å². The monoisotopic (exact) mass is 285 g/mol. The van der Waals surface area contributed by atoms with Crippen molar-refractivity contribution in [3.8, 4) is 0 Å². The number of hydrogen-bond acceptors (Lipinski definition) is 2. The third kappa shape index (κ3) is 123. The van der Waals surface area contributed by atoms with E-state index in [0.29, 0.717) is 0 Å². The van der Waals surface area contributed by atoms with Crippen LogP contribution in [0.3, 0.4) is 0 Å². The summed E-state index contributed by atoms with van der Waals surface area (Å²) in [5.41, 5.74) is 0.